The molecule has 108 valence electrons. The fraction of sp³-hybridized carbons (Fsp3) is 0.933. The summed E-state index contributed by atoms with van der Waals surface area (Å²) in [4.78, 5) is 10.3. The van der Waals surface area contributed by atoms with Gasteiger partial charge in [-0.05, 0) is 19.3 Å². The predicted octanol–water partition coefficient (Wildman–Crippen LogP) is 4.13. The first-order chi connectivity index (χ1) is 8.66. The van der Waals surface area contributed by atoms with Gasteiger partial charge in [0, 0.05) is 6.42 Å². The molecule has 2 N–H and O–H groups in total. The van der Waals surface area contributed by atoms with Gasteiger partial charge in [0.15, 0.2) is 0 Å². The molecule has 0 amide bonds. The van der Waals surface area contributed by atoms with Crippen LogP contribution in [0.4, 0.5) is 0 Å². The van der Waals surface area contributed by atoms with Crippen LogP contribution in [-0.4, -0.2) is 22.3 Å². The SMILES string of the molecule is CCCCCCC(O)CCCCCCCC(=O)O. The van der Waals surface area contributed by atoms with Crippen molar-refractivity contribution in [1.29, 1.82) is 0 Å². The zero-order valence-corrected chi connectivity index (χ0v) is 11.9. The number of aliphatic hydroxyl groups is 1. The van der Waals surface area contributed by atoms with Crippen LogP contribution in [0.15, 0.2) is 0 Å². The zero-order chi connectivity index (χ0) is 13.6. The second kappa shape index (κ2) is 12.9. The lowest BCUT2D eigenvalue weighted by Crippen LogP contribution is -2.05. The van der Waals surface area contributed by atoms with Crippen LogP contribution >= 0.6 is 0 Å². The van der Waals surface area contributed by atoms with Crippen LogP contribution in [0.5, 0.6) is 0 Å². The van der Waals surface area contributed by atoms with Crippen molar-refractivity contribution in [2.45, 2.75) is 90.1 Å². The normalized spacial score (nSPS) is 12.6. The number of aliphatic hydroxyl groups excluding tert-OH is 1. The lowest BCUT2D eigenvalue weighted by molar-refractivity contribution is -0.137. The molecule has 0 saturated heterocycles. The Morgan fingerprint density at radius 2 is 1.39 bits per heavy atom. The third kappa shape index (κ3) is 13.5. The summed E-state index contributed by atoms with van der Waals surface area (Å²) in [6, 6.07) is 0. The summed E-state index contributed by atoms with van der Waals surface area (Å²) in [5.74, 6) is -0.697. The highest BCUT2D eigenvalue weighted by atomic mass is 16.4. The Labute approximate surface area is 112 Å². The minimum atomic E-state index is -0.697. The molecule has 0 aliphatic rings. The monoisotopic (exact) mass is 258 g/mol. The van der Waals surface area contributed by atoms with Crippen LogP contribution in [-0.2, 0) is 4.79 Å². The first-order valence-corrected chi connectivity index (χ1v) is 7.56. The van der Waals surface area contributed by atoms with Gasteiger partial charge in [0.2, 0.25) is 0 Å². The number of carboxylic acid groups (broad SMARTS) is 1. The van der Waals surface area contributed by atoms with E-state index in [-0.39, 0.29) is 6.10 Å². The van der Waals surface area contributed by atoms with Crippen molar-refractivity contribution in [2.24, 2.45) is 0 Å². The van der Waals surface area contributed by atoms with Gasteiger partial charge in [-0.25, -0.2) is 0 Å². The molecule has 0 heterocycles. The average Bonchev–Trinajstić information content (AvgIpc) is 2.33. The summed E-state index contributed by atoms with van der Waals surface area (Å²) in [5, 5.41) is 18.2. The van der Waals surface area contributed by atoms with Crippen molar-refractivity contribution in [1.82, 2.24) is 0 Å². The molecule has 0 bridgehead atoms. The van der Waals surface area contributed by atoms with E-state index in [1.54, 1.807) is 0 Å². The number of carbonyl (C=O) groups is 1. The minimum absolute atomic E-state index is 0.124. The molecular formula is C15H30O3. The summed E-state index contributed by atoms with van der Waals surface area (Å²) in [6.45, 7) is 2.20. The maximum Gasteiger partial charge on any atom is 0.303 e. The fourth-order valence-corrected chi connectivity index (χ4v) is 2.14. The van der Waals surface area contributed by atoms with Crippen LogP contribution in [0, 0.1) is 0 Å². The Balaban J connectivity index is 3.15. The van der Waals surface area contributed by atoms with E-state index in [0.717, 1.165) is 51.4 Å². The van der Waals surface area contributed by atoms with Gasteiger partial charge in [0.05, 0.1) is 6.10 Å². The summed E-state index contributed by atoms with van der Waals surface area (Å²) in [5.41, 5.74) is 0. The third-order valence-electron chi connectivity index (χ3n) is 3.32. The second-order valence-corrected chi connectivity index (χ2v) is 5.20. The van der Waals surface area contributed by atoms with E-state index in [1.807, 2.05) is 0 Å². The second-order valence-electron chi connectivity index (χ2n) is 5.20. The van der Waals surface area contributed by atoms with E-state index in [1.165, 1.54) is 19.3 Å². The number of hydrogen-bond donors (Lipinski definition) is 2. The summed E-state index contributed by atoms with van der Waals surface area (Å²) < 4.78 is 0. The molecule has 0 aliphatic carbocycles. The Hall–Kier alpha value is -0.570. The molecule has 3 nitrogen and oxygen atoms in total. The number of rotatable bonds is 13. The minimum Gasteiger partial charge on any atom is -0.481 e. The van der Waals surface area contributed by atoms with Gasteiger partial charge in [0.1, 0.15) is 0 Å². The van der Waals surface area contributed by atoms with Gasteiger partial charge in [-0.2, -0.15) is 0 Å². The maximum absolute atomic E-state index is 10.3. The van der Waals surface area contributed by atoms with Crippen molar-refractivity contribution in [3.63, 3.8) is 0 Å². The van der Waals surface area contributed by atoms with Crippen LogP contribution in [0.1, 0.15) is 84.0 Å². The highest BCUT2D eigenvalue weighted by Crippen LogP contribution is 2.13. The Morgan fingerprint density at radius 3 is 1.94 bits per heavy atom. The lowest BCUT2D eigenvalue weighted by Gasteiger charge is -2.09. The predicted molar refractivity (Wildman–Crippen MR) is 74.7 cm³/mol. The molecule has 0 aliphatic heterocycles. The van der Waals surface area contributed by atoms with Gasteiger partial charge in [-0.15, -0.1) is 0 Å². The van der Waals surface area contributed by atoms with Gasteiger partial charge < -0.3 is 10.2 Å². The van der Waals surface area contributed by atoms with Crippen LogP contribution in [0.3, 0.4) is 0 Å². The molecule has 0 rings (SSSR count). The number of aliphatic carboxylic acids is 1. The molecule has 0 aromatic carbocycles. The van der Waals surface area contributed by atoms with Crippen LogP contribution < -0.4 is 0 Å². The van der Waals surface area contributed by atoms with Crippen molar-refractivity contribution in [3.05, 3.63) is 0 Å². The van der Waals surface area contributed by atoms with Crippen molar-refractivity contribution >= 4 is 5.97 Å². The summed E-state index contributed by atoms with van der Waals surface area (Å²) in [6.07, 6.45) is 12.0. The molecule has 1 unspecified atom stereocenters. The molecule has 0 radical (unpaired) electrons. The fourth-order valence-electron chi connectivity index (χ4n) is 2.14. The number of carboxylic acids is 1. The Bertz CT molecular complexity index is 192. The summed E-state index contributed by atoms with van der Waals surface area (Å²) in [7, 11) is 0. The maximum atomic E-state index is 10.3. The van der Waals surface area contributed by atoms with Gasteiger partial charge in [0.25, 0.3) is 0 Å². The summed E-state index contributed by atoms with van der Waals surface area (Å²) >= 11 is 0. The van der Waals surface area contributed by atoms with Crippen molar-refractivity contribution in [2.75, 3.05) is 0 Å². The molecule has 0 spiro atoms. The Morgan fingerprint density at radius 1 is 0.889 bits per heavy atom. The Kier molecular flexibility index (Phi) is 12.5. The standard InChI is InChI=1S/C15H30O3/c1-2-3-4-8-11-14(16)12-9-6-5-7-10-13-15(17)18/h14,16H,2-13H2,1H3,(H,17,18). The average molecular weight is 258 g/mol. The van der Waals surface area contributed by atoms with E-state index in [9.17, 15) is 9.90 Å². The highest BCUT2D eigenvalue weighted by molar-refractivity contribution is 5.66. The number of hydrogen-bond acceptors (Lipinski definition) is 2. The van der Waals surface area contributed by atoms with E-state index < -0.39 is 5.97 Å². The van der Waals surface area contributed by atoms with Gasteiger partial charge in [-0.3, -0.25) is 4.79 Å². The molecule has 0 aromatic rings. The van der Waals surface area contributed by atoms with E-state index in [2.05, 4.69) is 6.92 Å². The van der Waals surface area contributed by atoms with Crippen LogP contribution in [0.2, 0.25) is 0 Å². The van der Waals surface area contributed by atoms with Gasteiger partial charge >= 0.3 is 5.97 Å². The lowest BCUT2D eigenvalue weighted by atomic mass is 10.0. The molecule has 0 saturated carbocycles. The van der Waals surface area contributed by atoms with Crippen molar-refractivity contribution < 1.29 is 15.0 Å². The molecule has 0 aromatic heterocycles. The smallest absolute Gasteiger partial charge is 0.303 e. The number of unbranched alkanes of at least 4 members (excludes halogenated alkanes) is 7. The molecule has 3 heteroatoms. The molecule has 18 heavy (non-hydrogen) atoms. The van der Waals surface area contributed by atoms with E-state index in [0.29, 0.717) is 6.42 Å². The third-order valence-corrected chi connectivity index (χ3v) is 3.32. The van der Waals surface area contributed by atoms with Gasteiger partial charge in [-0.1, -0.05) is 58.3 Å². The first-order valence-electron chi connectivity index (χ1n) is 7.56. The highest BCUT2D eigenvalue weighted by Gasteiger charge is 2.03. The topological polar surface area (TPSA) is 57.5 Å². The zero-order valence-electron chi connectivity index (χ0n) is 11.9. The first kappa shape index (κ1) is 17.4. The quantitative estimate of drug-likeness (QED) is 0.488. The van der Waals surface area contributed by atoms with E-state index >= 15 is 0 Å². The van der Waals surface area contributed by atoms with E-state index in [4.69, 9.17) is 5.11 Å². The largest absolute Gasteiger partial charge is 0.481 e. The molecule has 0 fully saturated rings. The van der Waals surface area contributed by atoms with Crippen molar-refractivity contribution in [3.8, 4) is 0 Å². The molecule has 1 atom stereocenters. The van der Waals surface area contributed by atoms with Crippen LogP contribution in [0.25, 0.3) is 0 Å². The molecular weight excluding hydrogens is 228 g/mol.